The van der Waals surface area contributed by atoms with Crippen LogP contribution < -0.4 is 4.74 Å². The zero-order chi connectivity index (χ0) is 15.2. The third-order valence-electron chi connectivity index (χ3n) is 3.55. The fourth-order valence-electron chi connectivity index (χ4n) is 2.35. The minimum atomic E-state index is -0.323. The summed E-state index contributed by atoms with van der Waals surface area (Å²) in [6.45, 7) is 1.67. The topological polar surface area (TPSA) is 36.9 Å². The highest BCUT2D eigenvalue weighted by Gasteiger charge is 2.27. The van der Waals surface area contributed by atoms with Crippen molar-refractivity contribution in [1.82, 2.24) is 0 Å². The lowest BCUT2D eigenvalue weighted by atomic mass is 10.2. The minimum Gasteiger partial charge on any atom is -0.497 e. The van der Waals surface area contributed by atoms with Gasteiger partial charge in [0.05, 0.1) is 26.9 Å². The summed E-state index contributed by atoms with van der Waals surface area (Å²) in [5, 5.41) is 0. The average Bonchev–Trinajstić information content (AvgIpc) is 3.05. The van der Waals surface area contributed by atoms with Gasteiger partial charge in [0.2, 0.25) is 0 Å². The monoisotopic (exact) mass is 300 g/mol. The molecule has 0 aliphatic carbocycles. The molecule has 0 saturated carbocycles. The molecule has 2 unspecified atom stereocenters. The van der Waals surface area contributed by atoms with Crippen LogP contribution in [0.4, 0.5) is 0 Å². The highest BCUT2D eigenvalue weighted by atomic mass is 16.7. The molecule has 3 rings (SSSR count). The van der Waals surface area contributed by atoms with Crippen LogP contribution in [-0.4, -0.2) is 26.4 Å². The molecule has 1 heterocycles. The van der Waals surface area contributed by atoms with E-state index in [-0.39, 0.29) is 12.4 Å². The smallest absolute Gasteiger partial charge is 0.184 e. The van der Waals surface area contributed by atoms with Crippen molar-refractivity contribution in [3.05, 3.63) is 65.7 Å². The lowest BCUT2D eigenvalue weighted by molar-refractivity contribution is -0.0751. The van der Waals surface area contributed by atoms with Gasteiger partial charge in [-0.05, 0) is 17.7 Å². The summed E-state index contributed by atoms with van der Waals surface area (Å²) >= 11 is 0. The van der Waals surface area contributed by atoms with Gasteiger partial charge in [-0.25, -0.2) is 0 Å². The first kappa shape index (κ1) is 15.0. The van der Waals surface area contributed by atoms with E-state index < -0.39 is 0 Å². The predicted octanol–water partition coefficient (Wildman–Crippen LogP) is 3.33. The van der Waals surface area contributed by atoms with Gasteiger partial charge in [-0.1, -0.05) is 42.5 Å². The molecular weight excluding hydrogens is 280 g/mol. The van der Waals surface area contributed by atoms with Crippen LogP contribution in [0.5, 0.6) is 5.75 Å². The standard InChI is InChI=1S/C18H20O4/c1-19-16-9-7-15(8-10-16)18-21-13-17(22-18)12-20-11-14-5-3-2-4-6-14/h2-10,17-18H,11-13H2,1H3. The molecule has 0 N–H and O–H groups in total. The van der Waals surface area contributed by atoms with Gasteiger partial charge in [0.1, 0.15) is 11.9 Å². The zero-order valence-corrected chi connectivity index (χ0v) is 12.6. The van der Waals surface area contributed by atoms with Gasteiger partial charge in [-0.15, -0.1) is 0 Å². The van der Waals surface area contributed by atoms with Crippen LogP contribution in [0.2, 0.25) is 0 Å². The Morgan fingerprint density at radius 1 is 1.05 bits per heavy atom. The summed E-state index contributed by atoms with van der Waals surface area (Å²) in [5.41, 5.74) is 2.15. The van der Waals surface area contributed by atoms with E-state index in [0.29, 0.717) is 19.8 Å². The number of rotatable bonds is 6. The summed E-state index contributed by atoms with van der Waals surface area (Å²) in [4.78, 5) is 0. The molecule has 4 nitrogen and oxygen atoms in total. The Labute approximate surface area is 130 Å². The molecule has 1 fully saturated rings. The van der Waals surface area contributed by atoms with Crippen LogP contribution in [0.25, 0.3) is 0 Å². The molecule has 0 amide bonds. The fourth-order valence-corrected chi connectivity index (χ4v) is 2.35. The Morgan fingerprint density at radius 2 is 1.82 bits per heavy atom. The SMILES string of the molecule is COc1ccc(C2OCC(COCc3ccccc3)O2)cc1. The number of hydrogen-bond donors (Lipinski definition) is 0. The van der Waals surface area contributed by atoms with E-state index in [2.05, 4.69) is 0 Å². The summed E-state index contributed by atoms with van der Waals surface area (Å²) < 4.78 is 22.4. The van der Waals surface area contributed by atoms with Crippen LogP contribution in [0.3, 0.4) is 0 Å². The minimum absolute atomic E-state index is 0.0317. The molecule has 0 radical (unpaired) electrons. The third kappa shape index (κ3) is 3.85. The Kier molecular flexibility index (Phi) is 5.06. The van der Waals surface area contributed by atoms with Crippen molar-refractivity contribution >= 4 is 0 Å². The molecule has 0 aromatic heterocycles. The molecule has 2 aromatic carbocycles. The van der Waals surface area contributed by atoms with Crippen molar-refractivity contribution in [3.63, 3.8) is 0 Å². The van der Waals surface area contributed by atoms with Crippen molar-refractivity contribution in [3.8, 4) is 5.75 Å². The number of hydrogen-bond acceptors (Lipinski definition) is 4. The molecule has 1 aliphatic heterocycles. The Morgan fingerprint density at radius 3 is 2.55 bits per heavy atom. The van der Waals surface area contributed by atoms with E-state index in [1.807, 2.05) is 54.6 Å². The van der Waals surface area contributed by atoms with E-state index in [9.17, 15) is 0 Å². The Bertz CT molecular complexity index is 567. The van der Waals surface area contributed by atoms with Crippen molar-refractivity contribution < 1.29 is 18.9 Å². The van der Waals surface area contributed by atoms with Crippen molar-refractivity contribution in [2.45, 2.75) is 19.0 Å². The van der Waals surface area contributed by atoms with Gasteiger partial charge in [0, 0.05) is 5.56 Å². The first-order valence-electron chi connectivity index (χ1n) is 7.38. The normalized spacial score (nSPS) is 21.0. The maximum Gasteiger partial charge on any atom is 0.184 e. The molecule has 0 bridgehead atoms. The van der Waals surface area contributed by atoms with Gasteiger partial charge < -0.3 is 18.9 Å². The highest BCUT2D eigenvalue weighted by molar-refractivity contribution is 5.28. The molecule has 2 atom stereocenters. The number of methoxy groups -OCH3 is 1. The van der Waals surface area contributed by atoms with Gasteiger partial charge in [0.15, 0.2) is 6.29 Å². The molecule has 1 saturated heterocycles. The van der Waals surface area contributed by atoms with E-state index >= 15 is 0 Å². The molecule has 116 valence electrons. The van der Waals surface area contributed by atoms with E-state index in [0.717, 1.165) is 16.9 Å². The van der Waals surface area contributed by atoms with Gasteiger partial charge >= 0.3 is 0 Å². The Hall–Kier alpha value is -1.88. The number of benzene rings is 2. The van der Waals surface area contributed by atoms with Crippen LogP contribution in [0, 0.1) is 0 Å². The third-order valence-corrected chi connectivity index (χ3v) is 3.55. The maximum absolute atomic E-state index is 5.87. The van der Waals surface area contributed by atoms with E-state index in [1.165, 1.54) is 0 Å². The predicted molar refractivity (Wildman–Crippen MR) is 82.7 cm³/mol. The average molecular weight is 300 g/mol. The lowest BCUT2D eigenvalue weighted by Crippen LogP contribution is -2.17. The fraction of sp³-hybridized carbons (Fsp3) is 0.333. The maximum atomic E-state index is 5.87. The molecule has 2 aromatic rings. The van der Waals surface area contributed by atoms with Gasteiger partial charge in [0.25, 0.3) is 0 Å². The van der Waals surface area contributed by atoms with Crippen LogP contribution >= 0.6 is 0 Å². The van der Waals surface area contributed by atoms with Gasteiger partial charge in [-0.2, -0.15) is 0 Å². The molecule has 22 heavy (non-hydrogen) atoms. The zero-order valence-electron chi connectivity index (χ0n) is 12.6. The summed E-state index contributed by atoms with van der Waals surface area (Å²) in [6.07, 6.45) is -0.355. The van der Waals surface area contributed by atoms with Crippen molar-refractivity contribution in [1.29, 1.82) is 0 Å². The van der Waals surface area contributed by atoms with Crippen LogP contribution in [-0.2, 0) is 20.8 Å². The van der Waals surface area contributed by atoms with Crippen LogP contribution in [0.15, 0.2) is 54.6 Å². The van der Waals surface area contributed by atoms with E-state index in [4.69, 9.17) is 18.9 Å². The first-order valence-corrected chi connectivity index (χ1v) is 7.38. The first-order chi connectivity index (χ1) is 10.8. The second-order valence-corrected chi connectivity index (χ2v) is 5.20. The van der Waals surface area contributed by atoms with Crippen molar-refractivity contribution in [2.75, 3.05) is 20.3 Å². The quantitative estimate of drug-likeness (QED) is 0.820. The summed E-state index contributed by atoms with van der Waals surface area (Å²) in [7, 11) is 1.65. The van der Waals surface area contributed by atoms with E-state index in [1.54, 1.807) is 7.11 Å². The molecule has 1 aliphatic rings. The number of ether oxygens (including phenoxy) is 4. The molecule has 0 spiro atoms. The second kappa shape index (κ2) is 7.40. The molecular formula is C18H20O4. The second-order valence-electron chi connectivity index (χ2n) is 5.20. The molecule has 4 heteroatoms. The summed E-state index contributed by atoms with van der Waals surface area (Å²) in [6, 6.07) is 17.8. The largest absolute Gasteiger partial charge is 0.497 e. The summed E-state index contributed by atoms with van der Waals surface area (Å²) in [5.74, 6) is 0.824. The van der Waals surface area contributed by atoms with Gasteiger partial charge in [-0.3, -0.25) is 0 Å². The van der Waals surface area contributed by atoms with Crippen molar-refractivity contribution in [2.24, 2.45) is 0 Å². The van der Waals surface area contributed by atoms with Crippen LogP contribution in [0.1, 0.15) is 17.4 Å². The Balaban J connectivity index is 1.45. The lowest BCUT2D eigenvalue weighted by Gasteiger charge is -2.12. The highest BCUT2D eigenvalue weighted by Crippen LogP contribution is 2.28.